The Hall–Kier alpha value is -1.18. The van der Waals surface area contributed by atoms with Crippen LogP contribution in [0.25, 0.3) is 0 Å². The van der Waals surface area contributed by atoms with E-state index < -0.39 is 0 Å². The van der Waals surface area contributed by atoms with Gasteiger partial charge in [-0.1, -0.05) is 24.3 Å². The third kappa shape index (κ3) is 7.76. The standard InChI is InChI=1S/C20H24O6.Ca/c1-2-6-18-17(5-1)23-13-9-21-11-15-25-19-7-3-4-8-20(19)26-16-12-22-10-14-24-18;/h1-8H,9-16H2;/q;+2. The molecule has 0 radical (unpaired) electrons. The van der Waals surface area contributed by atoms with E-state index >= 15 is 0 Å². The van der Waals surface area contributed by atoms with Gasteiger partial charge in [0.1, 0.15) is 26.4 Å². The second-order valence-electron chi connectivity index (χ2n) is 5.51. The molecule has 1 heterocycles. The van der Waals surface area contributed by atoms with Gasteiger partial charge in [-0.15, -0.1) is 0 Å². The molecule has 2 aromatic rings. The second-order valence-corrected chi connectivity index (χ2v) is 5.51. The van der Waals surface area contributed by atoms with Gasteiger partial charge in [0, 0.05) is 0 Å². The summed E-state index contributed by atoms with van der Waals surface area (Å²) in [5, 5.41) is 0. The molecule has 0 amide bonds. The maximum atomic E-state index is 5.74. The van der Waals surface area contributed by atoms with Crippen LogP contribution in [0.4, 0.5) is 0 Å². The van der Waals surface area contributed by atoms with Gasteiger partial charge in [-0.2, -0.15) is 0 Å². The van der Waals surface area contributed by atoms with E-state index in [1.807, 2.05) is 48.5 Å². The Balaban J connectivity index is 0.00000261. The Morgan fingerprint density at radius 2 is 0.667 bits per heavy atom. The molecule has 2 aromatic carbocycles. The molecule has 0 saturated carbocycles. The summed E-state index contributed by atoms with van der Waals surface area (Å²) in [6.45, 7) is 3.65. The first kappa shape index (κ1) is 22.1. The van der Waals surface area contributed by atoms with Crippen LogP contribution < -0.4 is 18.9 Å². The SMILES string of the molecule is [Ca+2].c1ccc2c(c1)OCCOCCOc1ccccc1OCCOCCO2. The smallest absolute Gasteiger partial charge is 0.487 e. The Bertz CT molecular complexity index is 555. The zero-order chi connectivity index (χ0) is 17.9. The zero-order valence-electron chi connectivity index (χ0n) is 15.4. The third-order valence-corrected chi connectivity index (χ3v) is 3.64. The topological polar surface area (TPSA) is 55.4 Å². The van der Waals surface area contributed by atoms with Gasteiger partial charge in [0.2, 0.25) is 0 Å². The molecule has 0 bridgehead atoms. The predicted octanol–water partition coefficient (Wildman–Crippen LogP) is 2.57. The molecule has 7 heteroatoms. The average Bonchev–Trinajstić information content (AvgIpc) is 2.68. The Kier molecular flexibility index (Phi) is 10.7. The Morgan fingerprint density at radius 3 is 0.926 bits per heavy atom. The zero-order valence-corrected chi connectivity index (χ0v) is 17.6. The van der Waals surface area contributed by atoms with Crippen LogP contribution in [0.5, 0.6) is 23.0 Å². The fourth-order valence-corrected chi connectivity index (χ4v) is 2.42. The molecule has 27 heavy (non-hydrogen) atoms. The molecule has 0 N–H and O–H groups in total. The van der Waals surface area contributed by atoms with E-state index in [4.69, 9.17) is 28.4 Å². The molecule has 0 atom stereocenters. The van der Waals surface area contributed by atoms with Crippen LogP contribution in [-0.4, -0.2) is 90.6 Å². The average molecular weight is 400 g/mol. The maximum Gasteiger partial charge on any atom is 2.00 e. The molecule has 0 aliphatic carbocycles. The van der Waals surface area contributed by atoms with Crippen molar-refractivity contribution in [2.75, 3.05) is 52.9 Å². The number of ether oxygens (including phenoxy) is 6. The number of hydrogen-bond acceptors (Lipinski definition) is 6. The quantitative estimate of drug-likeness (QED) is 0.634. The Morgan fingerprint density at radius 1 is 0.407 bits per heavy atom. The van der Waals surface area contributed by atoms with E-state index in [9.17, 15) is 0 Å². The molecule has 1 aliphatic heterocycles. The first-order valence-corrected chi connectivity index (χ1v) is 8.78. The number of hydrogen-bond donors (Lipinski definition) is 0. The van der Waals surface area contributed by atoms with Gasteiger partial charge < -0.3 is 28.4 Å². The van der Waals surface area contributed by atoms with Gasteiger partial charge in [-0.05, 0) is 24.3 Å². The van der Waals surface area contributed by atoms with Crippen LogP contribution in [0.15, 0.2) is 48.5 Å². The first-order chi connectivity index (χ1) is 12.9. The van der Waals surface area contributed by atoms with Crippen LogP contribution in [0.3, 0.4) is 0 Å². The second kappa shape index (κ2) is 13.1. The molecule has 0 unspecified atom stereocenters. The van der Waals surface area contributed by atoms with Crippen molar-refractivity contribution in [1.82, 2.24) is 0 Å². The molecule has 6 nitrogen and oxygen atoms in total. The maximum absolute atomic E-state index is 5.74. The van der Waals surface area contributed by atoms with E-state index in [2.05, 4.69) is 0 Å². The Labute approximate surface area is 189 Å². The molecule has 140 valence electrons. The van der Waals surface area contributed by atoms with Crippen molar-refractivity contribution in [1.29, 1.82) is 0 Å². The fraction of sp³-hybridized carbons (Fsp3) is 0.400. The van der Waals surface area contributed by atoms with Gasteiger partial charge >= 0.3 is 37.7 Å². The van der Waals surface area contributed by atoms with Gasteiger partial charge in [0.25, 0.3) is 0 Å². The summed E-state index contributed by atoms with van der Waals surface area (Å²) in [5.74, 6) is 2.80. The molecule has 0 fully saturated rings. The predicted molar refractivity (Wildman–Crippen MR) is 102 cm³/mol. The number of rotatable bonds is 0. The van der Waals surface area contributed by atoms with Gasteiger partial charge in [0.05, 0.1) is 26.4 Å². The number of benzene rings is 2. The van der Waals surface area contributed by atoms with Crippen LogP contribution in [-0.2, 0) is 9.47 Å². The van der Waals surface area contributed by atoms with Gasteiger partial charge in [-0.3, -0.25) is 0 Å². The monoisotopic (exact) mass is 400 g/mol. The van der Waals surface area contributed by atoms with E-state index in [-0.39, 0.29) is 37.7 Å². The molecule has 0 saturated heterocycles. The van der Waals surface area contributed by atoms with Crippen molar-refractivity contribution in [3.8, 4) is 23.0 Å². The fourth-order valence-electron chi connectivity index (χ4n) is 2.42. The van der Waals surface area contributed by atoms with Crippen molar-refractivity contribution in [3.63, 3.8) is 0 Å². The minimum absolute atomic E-state index is 0. The summed E-state index contributed by atoms with van der Waals surface area (Å²) in [5.41, 5.74) is 0. The molecule has 0 aromatic heterocycles. The van der Waals surface area contributed by atoms with E-state index in [1.165, 1.54) is 0 Å². The van der Waals surface area contributed by atoms with Crippen LogP contribution in [0, 0.1) is 0 Å². The van der Waals surface area contributed by atoms with Gasteiger partial charge in [-0.25, -0.2) is 0 Å². The summed E-state index contributed by atoms with van der Waals surface area (Å²) in [4.78, 5) is 0. The van der Waals surface area contributed by atoms with E-state index in [0.717, 1.165) is 0 Å². The van der Waals surface area contributed by atoms with Gasteiger partial charge in [0.15, 0.2) is 23.0 Å². The minimum Gasteiger partial charge on any atom is -0.487 e. The molecule has 3 rings (SSSR count). The van der Waals surface area contributed by atoms with Crippen molar-refractivity contribution < 1.29 is 28.4 Å². The summed E-state index contributed by atoms with van der Waals surface area (Å²) in [6.07, 6.45) is 0. The van der Waals surface area contributed by atoms with Crippen LogP contribution in [0.2, 0.25) is 0 Å². The number of fused-ring (bicyclic) bond motifs is 2. The summed E-state index contributed by atoms with van der Waals surface area (Å²) >= 11 is 0. The first-order valence-electron chi connectivity index (χ1n) is 8.78. The summed E-state index contributed by atoms with van der Waals surface area (Å²) in [6, 6.07) is 15.2. The molecular formula is C20H24CaO6+2. The van der Waals surface area contributed by atoms with Crippen molar-refractivity contribution in [3.05, 3.63) is 48.5 Å². The summed E-state index contributed by atoms with van der Waals surface area (Å²) in [7, 11) is 0. The van der Waals surface area contributed by atoms with Crippen molar-refractivity contribution in [2.24, 2.45) is 0 Å². The summed E-state index contributed by atoms with van der Waals surface area (Å²) < 4.78 is 34.1. The van der Waals surface area contributed by atoms with Crippen LogP contribution >= 0.6 is 0 Å². The molecule has 0 spiro atoms. The van der Waals surface area contributed by atoms with E-state index in [1.54, 1.807) is 0 Å². The van der Waals surface area contributed by atoms with Crippen molar-refractivity contribution in [2.45, 2.75) is 0 Å². The van der Waals surface area contributed by atoms with Crippen LogP contribution in [0.1, 0.15) is 0 Å². The third-order valence-electron chi connectivity index (χ3n) is 3.64. The molecule has 1 aliphatic rings. The molecular weight excluding hydrogens is 376 g/mol. The largest absolute Gasteiger partial charge is 2.00 e. The van der Waals surface area contributed by atoms with Crippen molar-refractivity contribution >= 4 is 37.7 Å². The normalized spacial score (nSPS) is 16.3. The number of para-hydroxylation sites is 4. The van der Waals surface area contributed by atoms with E-state index in [0.29, 0.717) is 75.9 Å². The minimum atomic E-state index is 0.